The maximum atomic E-state index is 5.72. The van der Waals surface area contributed by atoms with Gasteiger partial charge in [-0.2, -0.15) is 0 Å². The van der Waals surface area contributed by atoms with Crippen LogP contribution in [-0.4, -0.2) is 19.1 Å². The standard InChI is InChI=1S/C6H14N2.2ClH/c1-5-2-3-8-4-6(5)7;;/h5-6,8H,2-4,7H2,1H3;2*1H/t5-,6-;;/m0../s1. The third-order valence-electron chi connectivity index (χ3n) is 1.89. The Labute approximate surface area is 74.8 Å². The van der Waals surface area contributed by atoms with E-state index in [2.05, 4.69) is 12.2 Å². The maximum Gasteiger partial charge on any atom is 0.0191 e. The Bertz CT molecular complexity index is 70.1. The highest BCUT2D eigenvalue weighted by Crippen LogP contribution is 2.07. The number of nitrogens with two attached hydrogens (primary N) is 1. The van der Waals surface area contributed by atoms with Crippen molar-refractivity contribution in [1.29, 1.82) is 0 Å². The molecule has 0 unspecified atom stereocenters. The summed E-state index contributed by atoms with van der Waals surface area (Å²) < 4.78 is 0. The minimum Gasteiger partial charge on any atom is -0.326 e. The summed E-state index contributed by atoms with van der Waals surface area (Å²) in [6, 6.07) is 0.392. The van der Waals surface area contributed by atoms with Crippen LogP contribution < -0.4 is 11.1 Å². The number of nitrogens with one attached hydrogen (secondary N) is 1. The van der Waals surface area contributed by atoms with Crippen molar-refractivity contribution in [1.82, 2.24) is 5.32 Å². The van der Waals surface area contributed by atoms with E-state index in [1.165, 1.54) is 6.42 Å². The Kier molecular flexibility index (Phi) is 8.17. The molecule has 64 valence electrons. The van der Waals surface area contributed by atoms with Gasteiger partial charge in [0.1, 0.15) is 0 Å². The number of rotatable bonds is 0. The highest BCUT2D eigenvalue weighted by atomic mass is 35.5. The summed E-state index contributed by atoms with van der Waals surface area (Å²) in [6.45, 7) is 4.36. The molecule has 10 heavy (non-hydrogen) atoms. The molecule has 1 aliphatic rings. The van der Waals surface area contributed by atoms with Crippen molar-refractivity contribution in [2.24, 2.45) is 11.7 Å². The highest BCUT2D eigenvalue weighted by molar-refractivity contribution is 5.85. The van der Waals surface area contributed by atoms with Gasteiger partial charge < -0.3 is 11.1 Å². The van der Waals surface area contributed by atoms with Crippen LogP contribution in [0.4, 0.5) is 0 Å². The third-order valence-corrected chi connectivity index (χ3v) is 1.89. The normalized spacial score (nSPS) is 31.8. The molecule has 0 saturated carbocycles. The molecule has 0 bridgehead atoms. The fraction of sp³-hybridized carbons (Fsp3) is 1.00. The van der Waals surface area contributed by atoms with Gasteiger partial charge in [0, 0.05) is 12.6 Å². The van der Waals surface area contributed by atoms with Crippen LogP contribution in [0.25, 0.3) is 0 Å². The van der Waals surface area contributed by atoms with Gasteiger partial charge in [0.05, 0.1) is 0 Å². The molecule has 2 nitrogen and oxygen atoms in total. The molecule has 3 N–H and O–H groups in total. The van der Waals surface area contributed by atoms with Gasteiger partial charge in [-0.3, -0.25) is 0 Å². The molecule has 4 heteroatoms. The molecule has 0 aromatic rings. The van der Waals surface area contributed by atoms with Gasteiger partial charge in [-0.1, -0.05) is 6.92 Å². The van der Waals surface area contributed by atoms with Crippen LogP contribution in [0.2, 0.25) is 0 Å². The third kappa shape index (κ3) is 3.62. The van der Waals surface area contributed by atoms with Crippen LogP contribution >= 0.6 is 24.8 Å². The maximum absolute atomic E-state index is 5.72. The van der Waals surface area contributed by atoms with Gasteiger partial charge >= 0.3 is 0 Å². The molecule has 0 radical (unpaired) electrons. The van der Waals surface area contributed by atoms with Crippen LogP contribution in [0.3, 0.4) is 0 Å². The van der Waals surface area contributed by atoms with Gasteiger partial charge in [0.15, 0.2) is 0 Å². The van der Waals surface area contributed by atoms with Crippen LogP contribution in [0.15, 0.2) is 0 Å². The lowest BCUT2D eigenvalue weighted by Crippen LogP contribution is -2.44. The predicted molar refractivity (Wildman–Crippen MR) is 49.1 cm³/mol. The lowest BCUT2D eigenvalue weighted by Gasteiger charge is -2.25. The summed E-state index contributed by atoms with van der Waals surface area (Å²) in [6.07, 6.45) is 1.24. The fourth-order valence-electron chi connectivity index (χ4n) is 1.01. The zero-order valence-electron chi connectivity index (χ0n) is 6.17. The van der Waals surface area contributed by atoms with E-state index in [4.69, 9.17) is 5.73 Å². The van der Waals surface area contributed by atoms with Crippen molar-refractivity contribution in [3.63, 3.8) is 0 Å². The van der Waals surface area contributed by atoms with Crippen molar-refractivity contribution in [2.45, 2.75) is 19.4 Å². The number of piperidine rings is 1. The van der Waals surface area contributed by atoms with Crippen molar-refractivity contribution in [3.8, 4) is 0 Å². The Morgan fingerprint density at radius 1 is 1.40 bits per heavy atom. The largest absolute Gasteiger partial charge is 0.326 e. The van der Waals surface area contributed by atoms with E-state index in [0.29, 0.717) is 6.04 Å². The summed E-state index contributed by atoms with van der Waals surface area (Å²) in [5.41, 5.74) is 5.72. The molecule has 0 spiro atoms. The van der Waals surface area contributed by atoms with E-state index in [1.54, 1.807) is 0 Å². The average Bonchev–Trinajstić information content (AvgIpc) is 1.77. The average molecular weight is 187 g/mol. The zero-order chi connectivity index (χ0) is 5.98. The topological polar surface area (TPSA) is 38.0 Å². The Balaban J connectivity index is 0. The number of hydrogen-bond acceptors (Lipinski definition) is 2. The Morgan fingerprint density at radius 2 is 2.00 bits per heavy atom. The molecule has 0 amide bonds. The first-order valence-electron chi connectivity index (χ1n) is 3.27. The first kappa shape index (κ1) is 13.1. The summed E-state index contributed by atoms with van der Waals surface area (Å²) in [5, 5.41) is 3.24. The smallest absolute Gasteiger partial charge is 0.0191 e. The summed E-state index contributed by atoms with van der Waals surface area (Å²) in [7, 11) is 0. The molecule has 0 aliphatic carbocycles. The monoisotopic (exact) mass is 186 g/mol. The minimum absolute atomic E-state index is 0. The first-order chi connectivity index (χ1) is 3.80. The predicted octanol–water partition coefficient (Wildman–Crippen LogP) is 0.787. The van der Waals surface area contributed by atoms with E-state index < -0.39 is 0 Å². The summed E-state index contributed by atoms with van der Waals surface area (Å²) in [4.78, 5) is 0. The quantitative estimate of drug-likeness (QED) is 0.588. The SMILES string of the molecule is C[C@H]1CCNC[C@@H]1N.Cl.Cl. The van der Waals surface area contributed by atoms with Crippen molar-refractivity contribution in [2.75, 3.05) is 13.1 Å². The van der Waals surface area contributed by atoms with Gasteiger partial charge in [-0.05, 0) is 18.9 Å². The van der Waals surface area contributed by atoms with Crippen LogP contribution in [0, 0.1) is 5.92 Å². The second-order valence-electron chi connectivity index (χ2n) is 2.63. The molecule has 1 saturated heterocycles. The van der Waals surface area contributed by atoms with Crippen molar-refractivity contribution in [3.05, 3.63) is 0 Å². The number of halogens is 2. The van der Waals surface area contributed by atoms with Crippen LogP contribution in [0.1, 0.15) is 13.3 Å². The van der Waals surface area contributed by atoms with E-state index in [9.17, 15) is 0 Å². The second kappa shape index (κ2) is 6.23. The Morgan fingerprint density at radius 3 is 2.30 bits per heavy atom. The van der Waals surface area contributed by atoms with E-state index in [-0.39, 0.29) is 24.8 Å². The summed E-state index contributed by atoms with van der Waals surface area (Å²) >= 11 is 0. The molecule has 1 fully saturated rings. The van der Waals surface area contributed by atoms with Gasteiger partial charge in [-0.15, -0.1) is 24.8 Å². The number of hydrogen-bond donors (Lipinski definition) is 2. The molecule has 2 atom stereocenters. The van der Waals surface area contributed by atoms with Gasteiger partial charge in [-0.25, -0.2) is 0 Å². The lowest BCUT2D eigenvalue weighted by atomic mass is 9.96. The first-order valence-corrected chi connectivity index (χ1v) is 3.27. The van der Waals surface area contributed by atoms with Crippen molar-refractivity contribution < 1.29 is 0 Å². The van der Waals surface area contributed by atoms with Crippen molar-refractivity contribution >= 4 is 24.8 Å². The van der Waals surface area contributed by atoms with Crippen LogP contribution in [-0.2, 0) is 0 Å². The minimum atomic E-state index is 0. The van der Waals surface area contributed by atoms with E-state index in [0.717, 1.165) is 19.0 Å². The van der Waals surface area contributed by atoms with E-state index >= 15 is 0 Å². The highest BCUT2D eigenvalue weighted by Gasteiger charge is 2.15. The van der Waals surface area contributed by atoms with Gasteiger partial charge in [0.25, 0.3) is 0 Å². The molecule has 1 aliphatic heterocycles. The summed E-state index contributed by atoms with van der Waals surface area (Å²) in [5.74, 6) is 0.719. The van der Waals surface area contributed by atoms with E-state index in [1.807, 2.05) is 0 Å². The Hall–Kier alpha value is 0.500. The fourth-order valence-corrected chi connectivity index (χ4v) is 1.01. The molecular weight excluding hydrogens is 171 g/mol. The molecule has 0 aromatic heterocycles. The van der Waals surface area contributed by atoms with Gasteiger partial charge in [0.2, 0.25) is 0 Å². The molecule has 1 heterocycles. The lowest BCUT2D eigenvalue weighted by molar-refractivity contribution is 0.348. The second-order valence-corrected chi connectivity index (χ2v) is 2.63. The molecule has 1 rings (SSSR count). The van der Waals surface area contributed by atoms with Crippen LogP contribution in [0.5, 0.6) is 0 Å². The molecule has 0 aromatic carbocycles. The zero-order valence-corrected chi connectivity index (χ0v) is 7.80. The molecular formula is C6H16Cl2N2.